The van der Waals surface area contributed by atoms with Crippen LogP contribution in [0.15, 0.2) is 59.0 Å². The summed E-state index contributed by atoms with van der Waals surface area (Å²) in [4.78, 5) is 14.7. The van der Waals surface area contributed by atoms with Crippen molar-refractivity contribution in [3.05, 3.63) is 76.5 Å². The lowest BCUT2D eigenvalue weighted by atomic mass is 10.0. The number of rotatable bonds is 4. The molecule has 0 bridgehead atoms. The summed E-state index contributed by atoms with van der Waals surface area (Å²) in [7, 11) is 0. The highest BCUT2D eigenvalue weighted by molar-refractivity contribution is 6.02. The molecule has 1 heterocycles. The van der Waals surface area contributed by atoms with E-state index in [1.165, 1.54) is 10.6 Å². The number of halogens is 1. The molecule has 24 heavy (non-hydrogen) atoms. The Labute approximate surface area is 137 Å². The monoisotopic (exact) mass is 325 g/mol. The van der Waals surface area contributed by atoms with Gasteiger partial charge in [-0.3, -0.25) is 4.57 Å². The predicted molar refractivity (Wildman–Crippen MR) is 92.0 cm³/mol. The maximum atomic E-state index is 13.9. The third kappa shape index (κ3) is 2.74. The van der Waals surface area contributed by atoms with Crippen molar-refractivity contribution in [2.45, 2.75) is 13.3 Å². The van der Waals surface area contributed by atoms with Gasteiger partial charge in [0.2, 0.25) is 0 Å². The van der Waals surface area contributed by atoms with Gasteiger partial charge in [-0.25, -0.2) is 9.18 Å². The molecule has 0 saturated carbocycles. The second kappa shape index (κ2) is 6.16. The Morgan fingerprint density at radius 2 is 2.08 bits per heavy atom. The fourth-order valence-corrected chi connectivity index (χ4v) is 2.72. The van der Waals surface area contributed by atoms with Crippen LogP contribution in [0.25, 0.3) is 16.7 Å². The summed E-state index contributed by atoms with van der Waals surface area (Å²) in [6.07, 6.45) is 0.230. The van der Waals surface area contributed by atoms with Crippen LogP contribution in [-0.2, 0) is 6.42 Å². The summed E-state index contributed by atoms with van der Waals surface area (Å²) in [5.74, 6) is -0.451. The number of allylic oxidation sites excluding steroid dienone is 1. The van der Waals surface area contributed by atoms with E-state index in [1.54, 1.807) is 43.3 Å². The average Bonchev–Trinajstić information content (AvgIpc) is 2.88. The number of benzene rings is 2. The molecular formula is C18H16FN3O2. The molecule has 3 rings (SSSR count). The maximum Gasteiger partial charge on any atom is 0.330 e. The van der Waals surface area contributed by atoms with E-state index < -0.39 is 5.82 Å². The number of H-pyrrole nitrogens is 1. The lowest BCUT2D eigenvalue weighted by Crippen LogP contribution is -2.13. The molecule has 0 aliphatic rings. The van der Waals surface area contributed by atoms with Crippen molar-refractivity contribution in [3.63, 3.8) is 0 Å². The number of aromatic amines is 1. The molecule has 0 radical (unpaired) electrons. The molecule has 1 aromatic heterocycles. The van der Waals surface area contributed by atoms with Gasteiger partial charge in [0.05, 0.1) is 16.7 Å². The van der Waals surface area contributed by atoms with Crippen LogP contribution in [0.1, 0.15) is 18.1 Å². The minimum Gasteiger partial charge on any atom is -0.411 e. The summed E-state index contributed by atoms with van der Waals surface area (Å²) in [5.41, 5.74) is 2.95. The van der Waals surface area contributed by atoms with E-state index in [2.05, 4.69) is 16.7 Å². The van der Waals surface area contributed by atoms with E-state index in [0.29, 0.717) is 16.7 Å². The van der Waals surface area contributed by atoms with Crippen molar-refractivity contribution in [1.29, 1.82) is 0 Å². The molecular weight excluding hydrogens is 309 g/mol. The van der Waals surface area contributed by atoms with E-state index >= 15 is 0 Å². The van der Waals surface area contributed by atoms with Crippen LogP contribution >= 0.6 is 0 Å². The van der Waals surface area contributed by atoms with Crippen LogP contribution in [0, 0.1) is 5.82 Å². The molecule has 122 valence electrons. The first-order chi connectivity index (χ1) is 11.5. The number of hydrogen-bond donors (Lipinski definition) is 2. The van der Waals surface area contributed by atoms with Gasteiger partial charge < -0.3 is 10.2 Å². The lowest BCUT2D eigenvalue weighted by Gasteiger charge is -2.07. The summed E-state index contributed by atoms with van der Waals surface area (Å²) in [5, 5.41) is 12.5. The number of nitrogens with one attached hydrogen (secondary N) is 1. The third-order valence-electron chi connectivity index (χ3n) is 3.81. The minimum absolute atomic E-state index is 0.217. The number of aromatic nitrogens is 2. The van der Waals surface area contributed by atoms with Gasteiger partial charge in [0.15, 0.2) is 0 Å². The third-order valence-corrected chi connectivity index (χ3v) is 3.81. The Balaban J connectivity index is 2.00. The molecule has 5 nitrogen and oxygen atoms in total. The average molecular weight is 325 g/mol. The number of hydrogen-bond acceptors (Lipinski definition) is 3. The van der Waals surface area contributed by atoms with Crippen LogP contribution < -0.4 is 5.69 Å². The van der Waals surface area contributed by atoms with Crippen molar-refractivity contribution in [1.82, 2.24) is 9.55 Å². The molecule has 0 atom stereocenters. The molecule has 2 N–H and O–H groups in total. The smallest absolute Gasteiger partial charge is 0.330 e. The highest BCUT2D eigenvalue weighted by Crippen LogP contribution is 2.18. The number of fused-ring (bicyclic) bond motifs is 1. The molecule has 3 aromatic rings. The van der Waals surface area contributed by atoms with E-state index in [9.17, 15) is 14.4 Å². The van der Waals surface area contributed by atoms with E-state index in [1.807, 2.05) is 0 Å². The Morgan fingerprint density at radius 1 is 1.33 bits per heavy atom. The first-order valence-corrected chi connectivity index (χ1v) is 7.36. The maximum absolute atomic E-state index is 13.9. The molecule has 0 spiro atoms. The van der Waals surface area contributed by atoms with Crippen LogP contribution in [0.3, 0.4) is 0 Å². The van der Waals surface area contributed by atoms with E-state index in [0.717, 1.165) is 5.56 Å². The van der Waals surface area contributed by atoms with Crippen molar-refractivity contribution in [2.24, 2.45) is 5.16 Å². The Morgan fingerprint density at radius 3 is 2.75 bits per heavy atom. The standard InChI is InChI=1S/C18H16FN3O2/c1-11(2)22-17-8-7-12(10-16(17)20-18(22)23)9-15(21-24)13-5-3-4-6-14(13)19/h3-8,10,24H,1,9H2,2H3,(H,20,23). The minimum atomic E-state index is -0.451. The van der Waals surface area contributed by atoms with Crippen molar-refractivity contribution in [2.75, 3.05) is 0 Å². The highest BCUT2D eigenvalue weighted by Gasteiger charge is 2.13. The van der Waals surface area contributed by atoms with Crippen molar-refractivity contribution in [3.8, 4) is 0 Å². The number of oxime groups is 1. The molecule has 2 aromatic carbocycles. The van der Waals surface area contributed by atoms with Crippen LogP contribution in [0.2, 0.25) is 0 Å². The van der Waals surface area contributed by atoms with Crippen molar-refractivity contribution >= 4 is 22.4 Å². The zero-order valence-corrected chi connectivity index (χ0v) is 13.1. The SMILES string of the molecule is C=C(C)n1c(=O)[nH]c2cc(CC(=NO)c3ccccc3F)ccc21. The van der Waals surface area contributed by atoms with Gasteiger partial charge in [-0.15, -0.1) is 0 Å². The van der Waals surface area contributed by atoms with Crippen LogP contribution in [-0.4, -0.2) is 20.5 Å². The fraction of sp³-hybridized carbons (Fsp3) is 0.111. The van der Waals surface area contributed by atoms with Gasteiger partial charge >= 0.3 is 5.69 Å². The van der Waals surface area contributed by atoms with Gasteiger partial charge in [-0.2, -0.15) is 0 Å². The number of nitrogens with zero attached hydrogens (tertiary/aromatic N) is 2. The van der Waals surface area contributed by atoms with Gasteiger partial charge in [0.1, 0.15) is 5.82 Å². The summed E-state index contributed by atoms with van der Waals surface area (Å²) in [6, 6.07) is 11.5. The largest absolute Gasteiger partial charge is 0.411 e. The van der Waals surface area contributed by atoms with Crippen molar-refractivity contribution < 1.29 is 9.60 Å². The molecule has 0 amide bonds. The summed E-state index contributed by atoms with van der Waals surface area (Å²) in [6.45, 7) is 5.54. The van der Waals surface area contributed by atoms with Gasteiger partial charge in [0, 0.05) is 17.7 Å². The Bertz CT molecular complexity index is 1010. The molecule has 0 saturated heterocycles. The predicted octanol–water partition coefficient (Wildman–Crippen LogP) is 3.38. The number of imidazole rings is 1. The first kappa shape index (κ1) is 15.7. The molecule has 0 aliphatic carbocycles. The lowest BCUT2D eigenvalue weighted by molar-refractivity contribution is 0.318. The van der Waals surface area contributed by atoms with E-state index in [-0.39, 0.29) is 23.4 Å². The molecule has 0 aliphatic heterocycles. The van der Waals surface area contributed by atoms with Gasteiger partial charge in [-0.1, -0.05) is 36.0 Å². The van der Waals surface area contributed by atoms with Gasteiger partial charge in [-0.05, 0) is 30.7 Å². The molecule has 0 fully saturated rings. The van der Waals surface area contributed by atoms with Crippen LogP contribution in [0.4, 0.5) is 4.39 Å². The second-order valence-corrected chi connectivity index (χ2v) is 5.56. The molecule has 6 heteroatoms. The quantitative estimate of drug-likeness (QED) is 0.438. The summed E-state index contributed by atoms with van der Waals surface area (Å²) < 4.78 is 15.4. The topological polar surface area (TPSA) is 70.4 Å². The molecule has 0 unspecified atom stereocenters. The second-order valence-electron chi connectivity index (χ2n) is 5.56. The van der Waals surface area contributed by atoms with Gasteiger partial charge in [0.25, 0.3) is 0 Å². The Kier molecular flexibility index (Phi) is 4.04. The zero-order chi connectivity index (χ0) is 17.3. The van der Waals surface area contributed by atoms with E-state index in [4.69, 9.17) is 0 Å². The summed E-state index contributed by atoms with van der Waals surface area (Å²) >= 11 is 0. The Hall–Kier alpha value is -3.15. The normalized spacial score (nSPS) is 11.8. The highest BCUT2D eigenvalue weighted by atomic mass is 19.1. The zero-order valence-electron chi connectivity index (χ0n) is 13.1. The fourth-order valence-electron chi connectivity index (χ4n) is 2.72. The van der Waals surface area contributed by atoms with Crippen LogP contribution in [0.5, 0.6) is 0 Å². The first-order valence-electron chi connectivity index (χ1n) is 7.36.